The third kappa shape index (κ3) is 11.8. The molecule has 2 aliphatic heterocycles. The van der Waals surface area contributed by atoms with Gasteiger partial charge in [-0.05, 0) is 68.6 Å². The van der Waals surface area contributed by atoms with E-state index in [1.54, 1.807) is 21.9 Å². The maximum Gasteiger partial charge on any atom is 0.451 e. The van der Waals surface area contributed by atoms with Gasteiger partial charge in [-0.2, -0.15) is 26.9 Å². The van der Waals surface area contributed by atoms with Gasteiger partial charge < -0.3 is 25.8 Å². The summed E-state index contributed by atoms with van der Waals surface area (Å²) in [5.41, 5.74) is 1.48. The number of nitrogens with zero attached hydrogens (tertiary/aromatic N) is 5. The van der Waals surface area contributed by atoms with Crippen LogP contribution in [0.15, 0.2) is 30.3 Å². The van der Waals surface area contributed by atoms with Gasteiger partial charge in [-0.25, -0.2) is 9.97 Å². The van der Waals surface area contributed by atoms with Crippen LogP contribution in [-0.4, -0.2) is 91.7 Å². The van der Waals surface area contributed by atoms with Gasteiger partial charge in [0.05, 0.1) is 11.6 Å². The van der Waals surface area contributed by atoms with Gasteiger partial charge in [0.15, 0.2) is 5.75 Å². The SMILES string of the molecule is N#Cc1ccc(CCNC(=O)C2CCCN2c2cc(N3CCC(CCCC(=O)NCCNC(=O)CS(=O)(=O)O)CC3)nc(C(F)(F)F)n2)cc1. The summed E-state index contributed by atoms with van der Waals surface area (Å²) < 4.78 is 71.9. The second-order valence-electron chi connectivity index (χ2n) is 12.4. The molecule has 1 atom stereocenters. The van der Waals surface area contributed by atoms with E-state index in [1.165, 1.54) is 6.07 Å². The lowest BCUT2D eigenvalue weighted by atomic mass is 9.91. The third-order valence-corrected chi connectivity index (χ3v) is 9.26. The highest BCUT2D eigenvalue weighted by atomic mass is 32.2. The van der Waals surface area contributed by atoms with E-state index in [9.17, 15) is 36.0 Å². The van der Waals surface area contributed by atoms with Crippen molar-refractivity contribution in [1.29, 1.82) is 5.26 Å². The van der Waals surface area contributed by atoms with E-state index in [4.69, 9.17) is 9.81 Å². The summed E-state index contributed by atoms with van der Waals surface area (Å²) in [6.45, 7) is 1.74. The lowest BCUT2D eigenvalue weighted by Gasteiger charge is -2.34. The number of hydrogen-bond donors (Lipinski definition) is 4. The van der Waals surface area contributed by atoms with E-state index in [0.717, 1.165) is 12.0 Å². The van der Waals surface area contributed by atoms with Crippen molar-refractivity contribution < 1.29 is 40.5 Å². The van der Waals surface area contributed by atoms with Crippen molar-refractivity contribution in [3.05, 3.63) is 47.3 Å². The summed E-state index contributed by atoms with van der Waals surface area (Å²) in [5.74, 6) is -3.25. The number of benzene rings is 1. The van der Waals surface area contributed by atoms with Gasteiger partial charge in [0.25, 0.3) is 10.1 Å². The quantitative estimate of drug-likeness (QED) is 0.155. The van der Waals surface area contributed by atoms with E-state index >= 15 is 0 Å². The molecule has 3 amide bonds. The Morgan fingerprint density at radius 3 is 2.24 bits per heavy atom. The number of aromatic nitrogens is 2. The van der Waals surface area contributed by atoms with Crippen molar-refractivity contribution in [3.63, 3.8) is 0 Å². The van der Waals surface area contributed by atoms with Gasteiger partial charge in [-0.1, -0.05) is 12.1 Å². The Hall–Kier alpha value is -4.50. The van der Waals surface area contributed by atoms with Crippen LogP contribution in [0.3, 0.4) is 0 Å². The normalized spacial score (nSPS) is 16.9. The minimum absolute atomic E-state index is 0.00594. The molecule has 272 valence electrons. The van der Waals surface area contributed by atoms with Crippen molar-refractivity contribution in [2.45, 2.75) is 63.6 Å². The Kier molecular flexibility index (Phi) is 13.4. The number of halogens is 3. The molecule has 4 rings (SSSR count). The van der Waals surface area contributed by atoms with Crippen LogP contribution < -0.4 is 25.8 Å². The van der Waals surface area contributed by atoms with E-state index in [1.807, 2.05) is 12.1 Å². The highest BCUT2D eigenvalue weighted by Gasteiger charge is 2.39. The molecule has 2 saturated heterocycles. The van der Waals surface area contributed by atoms with Crippen molar-refractivity contribution in [2.24, 2.45) is 5.92 Å². The van der Waals surface area contributed by atoms with Crippen LogP contribution >= 0.6 is 0 Å². The van der Waals surface area contributed by atoms with Gasteiger partial charge in [-0.15, -0.1) is 0 Å². The maximum atomic E-state index is 14.0. The predicted molar refractivity (Wildman–Crippen MR) is 176 cm³/mol. The van der Waals surface area contributed by atoms with Gasteiger partial charge in [0, 0.05) is 51.8 Å². The van der Waals surface area contributed by atoms with Crippen LogP contribution in [0, 0.1) is 17.2 Å². The second kappa shape index (κ2) is 17.4. The molecular weight excluding hydrogens is 681 g/mol. The van der Waals surface area contributed by atoms with Gasteiger partial charge in [-0.3, -0.25) is 18.9 Å². The molecule has 0 radical (unpaired) electrons. The third-order valence-electron chi connectivity index (χ3n) is 8.64. The highest BCUT2D eigenvalue weighted by molar-refractivity contribution is 7.86. The Morgan fingerprint density at radius 2 is 1.60 bits per heavy atom. The van der Waals surface area contributed by atoms with Gasteiger partial charge in [0.1, 0.15) is 17.7 Å². The fourth-order valence-corrected chi connectivity index (χ4v) is 6.51. The highest BCUT2D eigenvalue weighted by Crippen LogP contribution is 2.34. The van der Waals surface area contributed by atoms with Crippen LogP contribution in [0.5, 0.6) is 0 Å². The smallest absolute Gasteiger partial charge is 0.356 e. The number of amides is 3. The van der Waals surface area contributed by atoms with Crippen molar-refractivity contribution in [1.82, 2.24) is 25.9 Å². The fourth-order valence-electron chi connectivity index (χ4n) is 6.08. The molecule has 50 heavy (non-hydrogen) atoms. The first-order valence-corrected chi connectivity index (χ1v) is 18.1. The Labute approximate surface area is 288 Å². The van der Waals surface area contributed by atoms with E-state index < -0.39 is 39.8 Å². The zero-order chi connectivity index (χ0) is 36.3. The van der Waals surface area contributed by atoms with Crippen LogP contribution in [0.25, 0.3) is 0 Å². The van der Waals surface area contributed by atoms with Crippen molar-refractivity contribution in [3.8, 4) is 6.07 Å². The van der Waals surface area contributed by atoms with Crippen LogP contribution in [0.2, 0.25) is 0 Å². The number of nitriles is 1. The van der Waals surface area contributed by atoms with Gasteiger partial charge in [0.2, 0.25) is 23.5 Å². The summed E-state index contributed by atoms with van der Waals surface area (Å²) in [4.78, 5) is 47.8. The Morgan fingerprint density at radius 1 is 0.940 bits per heavy atom. The fraction of sp³-hybridized carbons (Fsp3) is 0.562. The number of nitrogens with one attached hydrogen (secondary N) is 3. The van der Waals surface area contributed by atoms with Crippen LogP contribution in [-0.2, 0) is 37.1 Å². The summed E-state index contributed by atoms with van der Waals surface area (Å²) >= 11 is 0. The molecule has 2 aromatic rings. The molecule has 2 aliphatic rings. The number of alkyl halides is 3. The van der Waals surface area contributed by atoms with Gasteiger partial charge >= 0.3 is 6.18 Å². The van der Waals surface area contributed by atoms with Crippen LogP contribution in [0.4, 0.5) is 24.8 Å². The maximum absolute atomic E-state index is 14.0. The summed E-state index contributed by atoms with van der Waals surface area (Å²) in [6, 6.07) is 9.92. The standard InChI is InChI=1S/C32H41F3N8O6S/c33-32(34,35)31-40-26(42-17-11-22(12-18-42)3-1-5-28(44)37-14-15-38-29(45)21-50(47,48)49)19-27(41-31)43-16-2-4-25(43)30(46)39-13-10-23-6-8-24(20-36)9-7-23/h6-9,19,22,25H,1-5,10-18,21H2,(H,37,44)(H,38,45)(H,39,46)(H,47,48,49). The lowest BCUT2D eigenvalue weighted by molar-refractivity contribution is -0.144. The molecule has 3 heterocycles. The molecule has 0 aliphatic carbocycles. The van der Waals surface area contributed by atoms with E-state index in [0.29, 0.717) is 70.3 Å². The number of rotatable bonds is 15. The average molecular weight is 723 g/mol. The number of anilines is 2. The molecule has 1 unspecified atom stereocenters. The summed E-state index contributed by atoms with van der Waals surface area (Å²) in [5, 5.41) is 16.8. The zero-order valence-electron chi connectivity index (χ0n) is 27.4. The van der Waals surface area contributed by atoms with E-state index in [2.05, 4.69) is 32.0 Å². The Balaban J connectivity index is 1.26. The van der Waals surface area contributed by atoms with Crippen molar-refractivity contribution >= 4 is 39.5 Å². The van der Waals surface area contributed by atoms with E-state index in [-0.39, 0.29) is 48.9 Å². The Bertz CT molecular complexity index is 1640. The number of piperidine rings is 1. The summed E-state index contributed by atoms with van der Waals surface area (Å²) in [6.07, 6.45) is -0.207. The molecule has 4 N–H and O–H groups in total. The first-order chi connectivity index (χ1) is 23.7. The number of carbonyl (C=O) groups is 3. The monoisotopic (exact) mass is 722 g/mol. The first-order valence-electron chi connectivity index (χ1n) is 16.4. The molecule has 2 fully saturated rings. The average Bonchev–Trinajstić information content (AvgIpc) is 3.56. The topological polar surface area (TPSA) is 198 Å². The van der Waals surface area contributed by atoms with Crippen molar-refractivity contribution in [2.75, 3.05) is 54.8 Å². The zero-order valence-corrected chi connectivity index (χ0v) is 28.2. The molecule has 0 bridgehead atoms. The molecule has 0 spiro atoms. The molecule has 1 aromatic carbocycles. The molecule has 0 saturated carbocycles. The lowest BCUT2D eigenvalue weighted by Crippen LogP contribution is -2.44. The molecular formula is C32H41F3N8O6S. The molecule has 1 aromatic heterocycles. The first kappa shape index (κ1) is 38.3. The molecule has 18 heteroatoms. The minimum Gasteiger partial charge on any atom is -0.356 e. The predicted octanol–water partition coefficient (Wildman–Crippen LogP) is 2.20. The summed E-state index contributed by atoms with van der Waals surface area (Å²) in [7, 11) is -4.42. The van der Waals surface area contributed by atoms with Crippen LogP contribution in [0.1, 0.15) is 61.9 Å². The number of hydrogen-bond acceptors (Lipinski definition) is 10. The molecule has 14 nitrogen and oxygen atoms in total. The number of carbonyl (C=O) groups excluding carboxylic acids is 3. The minimum atomic E-state index is -4.78. The largest absolute Gasteiger partial charge is 0.451 e. The second-order valence-corrected chi connectivity index (χ2v) is 13.8.